The molecular weight excluding hydrogens is 224 g/mol. The van der Waals surface area contributed by atoms with Gasteiger partial charge in [0, 0.05) is 25.0 Å². The van der Waals surface area contributed by atoms with E-state index in [0.717, 1.165) is 16.8 Å². The smallest absolute Gasteiger partial charge is 0.255 e. The van der Waals surface area contributed by atoms with Crippen molar-refractivity contribution < 1.29 is 4.79 Å². The van der Waals surface area contributed by atoms with Crippen LogP contribution in [-0.2, 0) is 6.54 Å². The number of aromatic amines is 1. The van der Waals surface area contributed by atoms with E-state index >= 15 is 0 Å². The van der Waals surface area contributed by atoms with Crippen LogP contribution in [0.2, 0.25) is 0 Å². The van der Waals surface area contributed by atoms with Crippen molar-refractivity contribution in [2.75, 3.05) is 6.54 Å². The van der Waals surface area contributed by atoms with E-state index in [9.17, 15) is 4.79 Å². The molecule has 0 atom stereocenters. The Morgan fingerprint density at radius 1 is 1.22 bits per heavy atom. The lowest BCUT2D eigenvalue weighted by Crippen LogP contribution is -2.30. The van der Waals surface area contributed by atoms with Crippen molar-refractivity contribution in [2.45, 2.75) is 20.4 Å². The Morgan fingerprint density at radius 2 is 1.94 bits per heavy atom. The van der Waals surface area contributed by atoms with Gasteiger partial charge in [-0.1, -0.05) is 30.3 Å². The van der Waals surface area contributed by atoms with E-state index in [4.69, 9.17) is 0 Å². The average Bonchev–Trinajstić information content (AvgIpc) is 2.82. The predicted octanol–water partition coefficient (Wildman–Crippen LogP) is 2.99. The van der Waals surface area contributed by atoms with Gasteiger partial charge >= 0.3 is 0 Å². The summed E-state index contributed by atoms with van der Waals surface area (Å²) in [5.74, 6) is 0.0834. The Balaban J connectivity index is 2.15. The Kier molecular flexibility index (Phi) is 3.82. The Morgan fingerprint density at radius 3 is 2.50 bits per heavy atom. The number of nitrogens with zero attached hydrogens (tertiary/aromatic N) is 1. The highest BCUT2D eigenvalue weighted by molar-refractivity contribution is 5.95. The van der Waals surface area contributed by atoms with Crippen LogP contribution in [0.5, 0.6) is 0 Å². The summed E-state index contributed by atoms with van der Waals surface area (Å²) in [5, 5.41) is 0. The van der Waals surface area contributed by atoms with Crippen molar-refractivity contribution in [2.24, 2.45) is 0 Å². The van der Waals surface area contributed by atoms with Gasteiger partial charge in [-0.2, -0.15) is 0 Å². The Labute approximate surface area is 107 Å². The van der Waals surface area contributed by atoms with Crippen molar-refractivity contribution >= 4 is 5.91 Å². The molecule has 0 bridgehead atoms. The molecule has 0 spiro atoms. The fourth-order valence-corrected chi connectivity index (χ4v) is 1.99. The number of aromatic nitrogens is 1. The monoisotopic (exact) mass is 242 g/mol. The van der Waals surface area contributed by atoms with E-state index in [1.807, 2.05) is 55.1 Å². The number of nitrogens with one attached hydrogen (secondary N) is 1. The highest BCUT2D eigenvalue weighted by atomic mass is 16.2. The van der Waals surface area contributed by atoms with E-state index in [1.54, 1.807) is 6.20 Å². The molecule has 2 aromatic rings. The van der Waals surface area contributed by atoms with Gasteiger partial charge in [0.15, 0.2) is 0 Å². The topological polar surface area (TPSA) is 36.1 Å². The lowest BCUT2D eigenvalue weighted by Gasteiger charge is -2.21. The summed E-state index contributed by atoms with van der Waals surface area (Å²) in [4.78, 5) is 17.3. The second-order valence-corrected chi connectivity index (χ2v) is 4.32. The maximum Gasteiger partial charge on any atom is 0.255 e. The number of amides is 1. The van der Waals surface area contributed by atoms with Crippen LogP contribution in [0.15, 0.2) is 42.6 Å². The van der Waals surface area contributed by atoms with Crippen LogP contribution < -0.4 is 0 Å². The molecule has 1 N–H and O–H groups in total. The lowest BCUT2D eigenvalue weighted by atomic mass is 10.2. The van der Waals surface area contributed by atoms with Gasteiger partial charge in [0.25, 0.3) is 5.91 Å². The van der Waals surface area contributed by atoms with Gasteiger partial charge in [-0.05, 0) is 25.5 Å². The van der Waals surface area contributed by atoms with Gasteiger partial charge in [0.1, 0.15) is 0 Å². The molecule has 18 heavy (non-hydrogen) atoms. The number of carbonyl (C=O) groups excluding carboxylic acids is 1. The molecule has 1 aromatic heterocycles. The molecule has 0 fully saturated rings. The molecule has 0 aliphatic carbocycles. The second-order valence-electron chi connectivity index (χ2n) is 4.32. The van der Waals surface area contributed by atoms with E-state index < -0.39 is 0 Å². The first-order valence-corrected chi connectivity index (χ1v) is 6.19. The molecule has 1 aromatic carbocycles. The van der Waals surface area contributed by atoms with Gasteiger partial charge < -0.3 is 9.88 Å². The van der Waals surface area contributed by atoms with Crippen molar-refractivity contribution in [3.05, 3.63) is 59.4 Å². The molecule has 0 aliphatic heterocycles. The fourth-order valence-electron chi connectivity index (χ4n) is 1.99. The number of H-pyrrole nitrogens is 1. The summed E-state index contributed by atoms with van der Waals surface area (Å²) in [5.41, 5.74) is 2.83. The van der Waals surface area contributed by atoms with Crippen LogP contribution in [0, 0.1) is 6.92 Å². The van der Waals surface area contributed by atoms with Gasteiger partial charge in [0.05, 0.1) is 5.56 Å². The molecule has 1 amide bonds. The van der Waals surface area contributed by atoms with Gasteiger partial charge in [0.2, 0.25) is 0 Å². The SMILES string of the molecule is CCN(Cc1ccccc1)C(=O)c1cc[nH]c1C. The summed E-state index contributed by atoms with van der Waals surface area (Å²) in [7, 11) is 0. The van der Waals surface area contributed by atoms with Crippen molar-refractivity contribution in [3.63, 3.8) is 0 Å². The summed E-state index contributed by atoms with van der Waals surface area (Å²) in [6, 6.07) is 11.9. The van der Waals surface area contributed by atoms with Gasteiger partial charge in [-0.3, -0.25) is 4.79 Å². The largest absolute Gasteiger partial charge is 0.365 e. The molecule has 3 nitrogen and oxygen atoms in total. The third-order valence-electron chi connectivity index (χ3n) is 3.07. The zero-order valence-corrected chi connectivity index (χ0v) is 10.8. The van der Waals surface area contributed by atoms with Gasteiger partial charge in [-0.15, -0.1) is 0 Å². The first kappa shape index (κ1) is 12.4. The fraction of sp³-hybridized carbons (Fsp3) is 0.267. The van der Waals surface area contributed by atoms with Crippen LogP contribution in [0.1, 0.15) is 28.5 Å². The second kappa shape index (κ2) is 5.54. The molecule has 0 saturated heterocycles. The minimum absolute atomic E-state index is 0.0834. The van der Waals surface area contributed by atoms with E-state index in [0.29, 0.717) is 13.1 Å². The van der Waals surface area contributed by atoms with Crippen molar-refractivity contribution in [1.82, 2.24) is 9.88 Å². The van der Waals surface area contributed by atoms with Crippen LogP contribution in [-0.4, -0.2) is 22.3 Å². The summed E-state index contributed by atoms with van der Waals surface area (Å²) in [6.07, 6.45) is 1.80. The quantitative estimate of drug-likeness (QED) is 0.879. The zero-order valence-electron chi connectivity index (χ0n) is 10.8. The molecule has 94 valence electrons. The van der Waals surface area contributed by atoms with E-state index in [-0.39, 0.29) is 5.91 Å². The first-order chi connectivity index (χ1) is 8.72. The molecular formula is C15H18N2O. The maximum absolute atomic E-state index is 12.4. The third-order valence-corrected chi connectivity index (χ3v) is 3.07. The van der Waals surface area contributed by atoms with E-state index in [1.165, 1.54) is 0 Å². The molecule has 2 rings (SSSR count). The Bertz CT molecular complexity index is 516. The summed E-state index contributed by atoms with van der Waals surface area (Å²) in [6.45, 7) is 5.28. The highest BCUT2D eigenvalue weighted by Crippen LogP contribution is 2.12. The Hall–Kier alpha value is -2.03. The minimum Gasteiger partial charge on any atom is -0.365 e. The van der Waals surface area contributed by atoms with Crippen LogP contribution >= 0.6 is 0 Å². The molecule has 0 aliphatic rings. The van der Waals surface area contributed by atoms with E-state index in [2.05, 4.69) is 4.98 Å². The molecule has 0 saturated carbocycles. The van der Waals surface area contributed by atoms with Crippen LogP contribution in [0.3, 0.4) is 0 Å². The lowest BCUT2D eigenvalue weighted by molar-refractivity contribution is 0.0752. The third kappa shape index (κ3) is 2.62. The zero-order chi connectivity index (χ0) is 13.0. The summed E-state index contributed by atoms with van der Waals surface area (Å²) >= 11 is 0. The molecule has 1 heterocycles. The summed E-state index contributed by atoms with van der Waals surface area (Å²) < 4.78 is 0. The standard InChI is InChI=1S/C15H18N2O/c1-3-17(11-13-7-5-4-6-8-13)15(18)14-9-10-16-12(14)2/h4-10,16H,3,11H2,1-2H3. The van der Waals surface area contributed by atoms with Crippen molar-refractivity contribution in [1.29, 1.82) is 0 Å². The number of benzene rings is 1. The maximum atomic E-state index is 12.4. The molecule has 3 heteroatoms. The molecule has 0 radical (unpaired) electrons. The number of hydrogen-bond donors (Lipinski definition) is 1. The number of rotatable bonds is 4. The normalized spacial score (nSPS) is 10.3. The van der Waals surface area contributed by atoms with Crippen molar-refractivity contribution in [3.8, 4) is 0 Å². The number of hydrogen-bond acceptors (Lipinski definition) is 1. The van der Waals surface area contributed by atoms with Crippen LogP contribution in [0.25, 0.3) is 0 Å². The average molecular weight is 242 g/mol. The number of aryl methyl sites for hydroxylation is 1. The predicted molar refractivity (Wildman–Crippen MR) is 72.4 cm³/mol. The van der Waals surface area contributed by atoms with Crippen LogP contribution in [0.4, 0.5) is 0 Å². The minimum atomic E-state index is 0.0834. The highest BCUT2D eigenvalue weighted by Gasteiger charge is 2.16. The molecule has 0 unspecified atom stereocenters. The first-order valence-electron chi connectivity index (χ1n) is 6.19. The van der Waals surface area contributed by atoms with Gasteiger partial charge in [-0.25, -0.2) is 0 Å². The number of carbonyl (C=O) groups is 1.